The Morgan fingerprint density at radius 1 is 1.43 bits per heavy atom. The number of carbonyl (C=O) groups is 1. The van der Waals surface area contributed by atoms with Gasteiger partial charge in [-0.25, -0.2) is 4.39 Å². The molecule has 1 aliphatic heterocycles. The monoisotopic (exact) mass is 292 g/mol. The van der Waals surface area contributed by atoms with Crippen LogP contribution in [0.1, 0.15) is 44.7 Å². The van der Waals surface area contributed by atoms with Crippen LogP contribution in [0.5, 0.6) is 0 Å². The van der Waals surface area contributed by atoms with Gasteiger partial charge in [-0.05, 0) is 23.6 Å². The smallest absolute Gasteiger partial charge is 0.223 e. The number of nitrogens with one attached hydrogen (secondary N) is 1. The van der Waals surface area contributed by atoms with Crippen molar-refractivity contribution in [2.24, 2.45) is 5.92 Å². The van der Waals surface area contributed by atoms with E-state index in [1.807, 2.05) is 11.0 Å². The predicted octanol–water partition coefficient (Wildman–Crippen LogP) is 3.12. The van der Waals surface area contributed by atoms with Crippen LogP contribution in [0.2, 0.25) is 0 Å². The summed E-state index contributed by atoms with van der Waals surface area (Å²) in [5.41, 5.74) is 0.875. The molecule has 0 aromatic heterocycles. The Hall–Kier alpha value is -1.42. The Labute approximate surface area is 126 Å². The largest absolute Gasteiger partial charge is 0.333 e. The summed E-state index contributed by atoms with van der Waals surface area (Å²) < 4.78 is 13.4. The van der Waals surface area contributed by atoms with Crippen molar-refractivity contribution in [3.8, 4) is 0 Å². The molecular formula is C17H25FN2O. The first-order valence-electron chi connectivity index (χ1n) is 7.91. The Balaban J connectivity index is 2.13. The fraction of sp³-hybridized carbons (Fsp3) is 0.588. The van der Waals surface area contributed by atoms with E-state index in [1.165, 1.54) is 12.1 Å². The minimum absolute atomic E-state index is 0.0590. The number of halogens is 1. The highest BCUT2D eigenvalue weighted by Gasteiger charge is 2.28. The van der Waals surface area contributed by atoms with Crippen molar-refractivity contribution in [1.29, 1.82) is 0 Å². The first-order chi connectivity index (χ1) is 10.2. The summed E-state index contributed by atoms with van der Waals surface area (Å²) in [7, 11) is 0. The summed E-state index contributed by atoms with van der Waals surface area (Å²) >= 11 is 0. The molecule has 2 rings (SSSR count). The molecule has 0 bridgehead atoms. The molecule has 1 fully saturated rings. The predicted molar refractivity (Wildman–Crippen MR) is 82.4 cm³/mol. The van der Waals surface area contributed by atoms with Crippen LogP contribution in [0.3, 0.4) is 0 Å². The van der Waals surface area contributed by atoms with E-state index in [1.54, 1.807) is 6.07 Å². The summed E-state index contributed by atoms with van der Waals surface area (Å²) in [5, 5.41) is 3.30. The molecule has 1 amide bonds. The minimum Gasteiger partial charge on any atom is -0.333 e. The molecule has 4 heteroatoms. The SMILES string of the molecule is CCC(CC)CC(=O)N1CCNCC1c1cccc(F)c1. The zero-order valence-electron chi connectivity index (χ0n) is 12.9. The molecule has 0 saturated carbocycles. The highest BCUT2D eigenvalue weighted by Crippen LogP contribution is 2.25. The van der Waals surface area contributed by atoms with E-state index in [0.717, 1.165) is 24.9 Å². The number of hydrogen-bond acceptors (Lipinski definition) is 2. The second-order valence-electron chi connectivity index (χ2n) is 5.75. The van der Waals surface area contributed by atoms with Gasteiger partial charge >= 0.3 is 0 Å². The minimum atomic E-state index is -0.245. The van der Waals surface area contributed by atoms with Crippen molar-refractivity contribution in [1.82, 2.24) is 10.2 Å². The van der Waals surface area contributed by atoms with Crippen LogP contribution in [0, 0.1) is 11.7 Å². The number of amides is 1. The number of nitrogens with zero attached hydrogens (tertiary/aromatic N) is 1. The molecular weight excluding hydrogens is 267 g/mol. The van der Waals surface area contributed by atoms with Crippen LogP contribution >= 0.6 is 0 Å². The van der Waals surface area contributed by atoms with E-state index in [0.29, 0.717) is 25.4 Å². The summed E-state index contributed by atoms with van der Waals surface area (Å²) in [6.07, 6.45) is 2.65. The van der Waals surface area contributed by atoms with Gasteiger partial charge in [-0.3, -0.25) is 4.79 Å². The molecule has 1 N–H and O–H groups in total. The number of carbonyl (C=O) groups excluding carboxylic acids is 1. The third kappa shape index (κ3) is 4.03. The van der Waals surface area contributed by atoms with E-state index in [2.05, 4.69) is 19.2 Å². The van der Waals surface area contributed by atoms with E-state index in [4.69, 9.17) is 0 Å². The van der Waals surface area contributed by atoms with Crippen LogP contribution in [-0.4, -0.2) is 30.4 Å². The Morgan fingerprint density at radius 3 is 2.86 bits per heavy atom. The summed E-state index contributed by atoms with van der Waals surface area (Å²) in [6.45, 7) is 6.45. The topological polar surface area (TPSA) is 32.3 Å². The van der Waals surface area contributed by atoms with Gasteiger partial charge in [0.1, 0.15) is 5.82 Å². The molecule has 1 aliphatic rings. The first kappa shape index (κ1) is 16.0. The lowest BCUT2D eigenvalue weighted by Gasteiger charge is -2.37. The van der Waals surface area contributed by atoms with Crippen molar-refractivity contribution in [3.05, 3.63) is 35.6 Å². The zero-order valence-corrected chi connectivity index (χ0v) is 12.9. The molecule has 1 saturated heterocycles. The lowest BCUT2D eigenvalue weighted by atomic mass is 9.96. The lowest BCUT2D eigenvalue weighted by molar-refractivity contribution is -0.135. The number of rotatable bonds is 5. The molecule has 21 heavy (non-hydrogen) atoms. The van der Waals surface area contributed by atoms with Crippen molar-refractivity contribution in [2.75, 3.05) is 19.6 Å². The van der Waals surface area contributed by atoms with Crippen molar-refractivity contribution in [3.63, 3.8) is 0 Å². The molecule has 1 atom stereocenters. The molecule has 1 aromatic rings. The average molecular weight is 292 g/mol. The van der Waals surface area contributed by atoms with Gasteiger partial charge in [-0.1, -0.05) is 38.8 Å². The fourth-order valence-corrected chi connectivity index (χ4v) is 2.96. The van der Waals surface area contributed by atoms with Crippen molar-refractivity contribution >= 4 is 5.91 Å². The number of piperazine rings is 1. The van der Waals surface area contributed by atoms with Gasteiger partial charge < -0.3 is 10.2 Å². The maximum absolute atomic E-state index is 13.4. The maximum atomic E-state index is 13.4. The third-order valence-electron chi connectivity index (χ3n) is 4.42. The van der Waals surface area contributed by atoms with Gasteiger partial charge in [0.2, 0.25) is 5.91 Å². The van der Waals surface area contributed by atoms with E-state index in [-0.39, 0.29) is 17.8 Å². The first-order valence-corrected chi connectivity index (χ1v) is 7.91. The molecule has 0 aliphatic carbocycles. The van der Waals surface area contributed by atoms with Crippen molar-refractivity contribution < 1.29 is 9.18 Å². The lowest BCUT2D eigenvalue weighted by Crippen LogP contribution is -2.49. The highest BCUT2D eigenvalue weighted by atomic mass is 19.1. The molecule has 0 radical (unpaired) electrons. The van der Waals surface area contributed by atoms with Crippen LogP contribution in [-0.2, 0) is 4.79 Å². The van der Waals surface area contributed by atoms with Gasteiger partial charge in [0, 0.05) is 26.1 Å². The van der Waals surface area contributed by atoms with E-state index >= 15 is 0 Å². The van der Waals surface area contributed by atoms with E-state index in [9.17, 15) is 9.18 Å². The fourth-order valence-electron chi connectivity index (χ4n) is 2.96. The second kappa shape index (κ2) is 7.55. The molecule has 1 heterocycles. The normalized spacial score (nSPS) is 19.0. The zero-order chi connectivity index (χ0) is 15.2. The van der Waals surface area contributed by atoms with E-state index < -0.39 is 0 Å². The van der Waals surface area contributed by atoms with Gasteiger partial charge in [-0.2, -0.15) is 0 Å². The third-order valence-corrected chi connectivity index (χ3v) is 4.42. The summed E-state index contributed by atoms with van der Waals surface area (Å²) in [4.78, 5) is 14.5. The van der Waals surface area contributed by atoms with Crippen molar-refractivity contribution in [2.45, 2.75) is 39.2 Å². The molecule has 1 unspecified atom stereocenters. The quantitative estimate of drug-likeness (QED) is 0.904. The average Bonchev–Trinajstić information content (AvgIpc) is 2.52. The second-order valence-corrected chi connectivity index (χ2v) is 5.75. The maximum Gasteiger partial charge on any atom is 0.223 e. The van der Waals surface area contributed by atoms with Gasteiger partial charge in [0.25, 0.3) is 0 Å². The van der Waals surface area contributed by atoms with Gasteiger partial charge in [0.15, 0.2) is 0 Å². The van der Waals surface area contributed by atoms with Crippen LogP contribution in [0.25, 0.3) is 0 Å². The van der Waals surface area contributed by atoms with Gasteiger partial charge in [0.05, 0.1) is 6.04 Å². The Bertz CT molecular complexity index is 474. The van der Waals surface area contributed by atoms with Crippen LogP contribution in [0.4, 0.5) is 4.39 Å². The van der Waals surface area contributed by atoms with Gasteiger partial charge in [-0.15, -0.1) is 0 Å². The highest BCUT2D eigenvalue weighted by molar-refractivity contribution is 5.77. The van der Waals surface area contributed by atoms with Crippen LogP contribution in [0.15, 0.2) is 24.3 Å². The number of hydrogen-bond donors (Lipinski definition) is 1. The molecule has 1 aromatic carbocycles. The standard InChI is InChI=1S/C17H25FN2O/c1-3-13(4-2)10-17(21)20-9-8-19-12-16(20)14-6-5-7-15(18)11-14/h5-7,11,13,16,19H,3-4,8-10,12H2,1-2H3. The summed E-state index contributed by atoms with van der Waals surface area (Å²) in [5.74, 6) is 0.394. The van der Waals surface area contributed by atoms with Crippen LogP contribution < -0.4 is 5.32 Å². The molecule has 0 spiro atoms. The molecule has 116 valence electrons. The Morgan fingerprint density at radius 2 is 2.19 bits per heavy atom. The summed E-state index contributed by atoms with van der Waals surface area (Å²) in [6, 6.07) is 6.53. The Kier molecular flexibility index (Phi) is 5.74. The molecule has 3 nitrogen and oxygen atoms in total. The number of benzene rings is 1.